The summed E-state index contributed by atoms with van der Waals surface area (Å²) in [5, 5.41) is 12.5. The van der Waals surface area contributed by atoms with E-state index in [1.165, 1.54) is 0 Å². The highest BCUT2D eigenvalue weighted by molar-refractivity contribution is 5.82. The summed E-state index contributed by atoms with van der Waals surface area (Å²) >= 11 is 0. The minimum Gasteiger partial charge on any atom is -0.395 e. The molecule has 1 saturated heterocycles. The zero-order chi connectivity index (χ0) is 13.8. The molecule has 2 atom stereocenters. The van der Waals surface area contributed by atoms with Crippen molar-refractivity contribution < 1.29 is 9.90 Å². The zero-order valence-electron chi connectivity index (χ0n) is 12.2. The van der Waals surface area contributed by atoms with Crippen molar-refractivity contribution in [2.24, 2.45) is 0 Å². The first-order valence-corrected chi connectivity index (χ1v) is 7.10. The second kappa shape index (κ2) is 6.53. The van der Waals surface area contributed by atoms with Crippen LogP contribution in [0.15, 0.2) is 0 Å². The molecule has 0 aromatic carbocycles. The fourth-order valence-electron chi connectivity index (χ4n) is 2.41. The van der Waals surface area contributed by atoms with Gasteiger partial charge < -0.3 is 10.4 Å². The predicted octanol–water partition coefficient (Wildman–Crippen LogP) is 1.53. The van der Waals surface area contributed by atoms with Crippen molar-refractivity contribution >= 4 is 5.91 Å². The first-order valence-electron chi connectivity index (χ1n) is 7.10. The van der Waals surface area contributed by atoms with Crippen LogP contribution in [-0.4, -0.2) is 46.7 Å². The number of likely N-dealkylation sites (tertiary alicyclic amines) is 1. The standard InChI is InChI=1S/C14H28N2O2/c1-5-14(3,4)15-13(18)11(2)16-9-7-6-8-12(16)10-17/h11-12,17H,5-10H2,1-4H3,(H,15,18). The van der Waals surface area contributed by atoms with Crippen LogP contribution in [-0.2, 0) is 4.79 Å². The van der Waals surface area contributed by atoms with Crippen LogP contribution in [0, 0.1) is 0 Å². The van der Waals surface area contributed by atoms with Crippen molar-refractivity contribution in [3.8, 4) is 0 Å². The Morgan fingerprint density at radius 2 is 2.17 bits per heavy atom. The minimum atomic E-state index is -0.159. The van der Waals surface area contributed by atoms with Crippen LogP contribution in [0.3, 0.4) is 0 Å². The highest BCUT2D eigenvalue weighted by Crippen LogP contribution is 2.20. The van der Waals surface area contributed by atoms with Gasteiger partial charge in [-0.15, -0.1) is 0 Å². The molecular weight excluding hydrogens is 228 g/mol. The van der Waals surface area contributed by atoms with E-state index in [1.807, 2.05) is 20.8 Å². The number of carbonyl (C=O) groups excluding carboxylic acids is 1. The van der Waals surface area contributed by atoms with E-state index in [1.54, 1.807) is 0 Å². The molecular formula is C14H28N2O2. The summed E-state index contributed by atoms with van der Waals surface area (Å²) in [4.78, 5) is 14.4. The Balaban J connectivity index is 2.61. The Kier molecular flexibility index (Phi) is 5.60. The summed E-state index contributed by atoms with van der Waals surface area (Å²) in [6, 6.07) is -0.0162. The van der Waals surface area contributed by atoms with Crippen LogP contribution in [0.4, 0.5) is 0 Å². The molecule has 1 heterocycles. The number of aliphatic hydroxyl groups excluding tert-OH is 1. The lowest BCUT2D eigenvalue weighted by atomic mass is 9.98. The molecule has 0 bridgehead atoms. The number of piperidine rings is 1. The molecule has 18 heavy (non-hydrogen) atoms. The molecule has 4 heteroatoms. The Labute approximate surface area is 111 Å². The fraction of sp³-hybridized carbons (Fsp3) is 0.929. The Hall–Kier alpha value is -0.610. The number of aliphatic hydroxyl groups is 1. The summed E-state index contributed by atoms with van der Waals surface area (Å²) < 4.78 is 0. The summed E-state index contributed by atoms with van der Waals surface area (Å²) in [6.45, 7) is 9.15. The van der Waals surface area contributed by atoms with Gasteiger partial charge >= 0.3 is 0 Å². The normalized spacial score (nSPS) is 23.7. The number of hydrogen-bond donors (Lipinski definition) is 2. The molecule has 2 unspecified atom stereocenters. The molecule has 1 aliphatic rings. The number of rotatable bonds is 5. The molecule has 1 rings (SSSR count). The van der Waals surface area contributed by atoms with Crippen LogP contribution in [0.1, 0.15) is 53.4 Å². The SMILES string of the molecule is CCC(C)(C)NC(=O)C(C)N1CCCCC1CO. The van der Waals surface area contributed by atoms with Crippen LogP contribution in [0.25, 0.3) is 0 Å². The summed E-state index contributed by atoms with van der Waals surface area (Å²) in [5.74, 6) is 0.0715. The molecule has 0 saturated carbocycles. The smallest absolute Gasteiger partial charge is 0.237 e. The Morgan fingerprint density at radius 3 is 2.72 bits per heavy atom. The second-order valence-corrected chi connectivity index (χ2v) is 5.97. The van der Waals surface area contributed by atoms with Gasteiger partial charge in [0.25, 0.3) is 0 Å². The number of amides is 1. The van der Waals surface area contributed by atoms with Crippen molar-refractivity contribution in [2.45, 2.75) is 71.0 Å². The minimum absolute atomic E-state index is 0.0715. The molecule has 1 fully saturated rings. The maximum Gasteiger partial charge on any atom is 0.237 e. The first kappa shape index (κ1) is 15.4. The van der Waals surface area contributed by atoms with Crippen molar-refractivity contribution in [3.05, 3.63) is 0 Å². The van der Waals surface area contributed by atoms with Gasteiger partial charge in [0.15, 0.2) is 0 Å². The van der Waals surface area contributed by atoms with E-state index in [9.17, 15) is 9.90 Å². The number of carbonyl (C=O) groups is 1. The van der Waals surface area contributed by atoms with E-state index < -0.39 is 0 Å². The molecule has 0 aliphatic carbocycles. The molecule has 106 valence electrons. The van der Waals surface area contributed by atoms with Crippen LogP contribution in [0.2, 0.25) is 0 Å². The van der Waals surface area contributed by atoms with E-state index >= 15 is 0 Å². The molecule has 0 aromatic rings. The maximum atomic E-state index is 12.2. The zero-order valence-corrected chi connectivity index (χ0v) is 12.2. The second-order valence-electron chi connectivity index (χ2n) is 5.97. The van der Waals surface area contributed by atoms with Crippen molar-refractivity contribution in [1.82, 2.24) is 10.2 Å². The quantitative estimate of drug-likeness (QED) is 0.784. The van der Waals surface area contributed by atoms with Crippen LogP contribution >= 0.6 is 0 Å². The molecule has 0 radical (unpaired) electrons. The Morgan fingerprint density at radius 1 is 1.50 bits per heavy atom. The van der Waals surface area contributed by atoms with Gasteiger partial charge in [0.2, 0.25) is 5.91 Å². The molecule has 0 aromatic heterocycles. The fourth-order valence-corrected chi connectivity index (χ4v) is 2.41. The first-order chi connectivity index (χ1) is 8.41. The highest BCUT2D eigenvalue weighted by Gasteiger charge is 2.31. The summed E-state index contributed by atoms with van der Waals surface area (Å²) in [7, 11) is 0. The third-order valence-corrected chi connectivity index (χ3v) is 4.11. The van der Waals surface area contributed by atoms with Crippen LogP contribution < -0.4 is 5.32 Å². The number of nitrogens with one attached hydrogen (secondary N) is 1. The number of hydrogen-bond acceptors (Lipinski definition) is 3. The largest absolute Gasteiger partial charge is 0.395 e. The van der Waals surface area contributed by atoms with Gasteiger partial charge in [0.1, 0.15) is 0 Å². The van der Waals surface area contributed by atoms with E-state index in [-0.39, 0.29) is 30.1 Å². The lowest BCUT2D eigenvalue weighted by Gasteiger charge is -2.39. The average Bonchev–Trinajstić information content (AvgIpc) is 2.37. The lowest BCUT2D eigenvalue weighted by Crippen LogP contribution is -2.56. The molecule has 2 N–H and O–H groups in total. The van der Waals surface area contributed by atoms with Crippen LogP contribution in [0.5, 0.6) is 0 Å². The highest BCUT2D eigenvalue weighted by atomic mass is 16.3. The van der Waals surface area contributed by atoms with Gasteiger partial charge in [-0.25, -0.2) is 0 Å². The number of nitrogens with zero attached hydrogens (tertiary/aromatic N) is 1. The predicted molar refractivity (Wildman–Crippen MR) is 73.4 cm³/mol. The summed E-state index contributed by atoms with van der Waals surface area (Å²) in [6.07, 6.45) is 4.17. The van der Waals surface area contributed by atoms with E-state index in [0.717, 1.165) is 32.2 Å². The van der Waals surface area contributed by atoms with Gasteiger partial charge in [-0.05, 0) is 46.6 Å². The van der Waals surface area contributed by atoms with Gasteiger partial charge in [-0.3, -0.25) is 9.69 Å². The van der Waals surface area contributed by atoms with Crippen molar-refractivity contribution in [3.63, 3.8) is 0 Å². The van der Waals surface area contributed by atoms with Crippen molar-refractivity contribution in [1.29, 1.82) is 0 Å². The molecule has 1 aliphatic heterocycles. The molecule has 4 nitrogen and oxygen atoms in total. The molecule has 1 amide bonds. The average molecular weight is 256 g/mol. The van der Waals surface area contributed by atoms with Gasteiger partial charge in [0, 0.05) is 11.6 Å². The van der Waals surface area contributed by atoms with Gasteiger partial charge in [0.05, 0.1) is 12.6 Å². The topological polar surface area (TPSA) is 52.6 Å². The monoisotopic (exact) mass is 256 g/mol. The van der Waals surface area contributed by atoms with Gasteiger partial charge in [-0.2, -0.15) is 0 Å². The lowest BCUT2D eigenvalue weighted by molar-refractivity contribution is -0.129. The van der Waals surface area contributed by atoms with E-state index in [4.69, 9.17) is 0 Å². The third-order valence-electron chi connectivity index (χ3n) is 4.11. The van der Waals surface area contributed by atoms with E-state index in [0.29, 0.717) is 0 Å². The third kappa shape index (κ3) is 3.95. The summed E-state index contributed by atoms with van der Waals surface area (Å²) in [5.41, 5.74) is -0.157. The van der Waals surface area contributed by atoms with Gasteiger partial charge in [-0.1, -0.05) is 13.3 Å². The molecule has 0 spiro atoms. The maximum absolute atomic E-state index is 12.2. The Bertz CT molecular complexity index is 279. The van der Waals surface area contributed by atoms with Crippen molar-refractivity contribution in [2.75, 3.05) is 13.2 Å². The van der Waals surface area contributed by atoms with E-state index in [2.05, 4.69) is 17.1 Å².